The van der Waals surface area contributed by atoms with Crippen LogP contribution in [0, 0.1) is 5.92 Å². The van der Waals surface area contributed by atoms with Crippen LogP contribution in [0.2, 0.25) is 0 Å². The molecule has 7 nitrogen and oxygen atoms in total. The molecule has 0 aromatic carbocycles. The summed E-state index contributed by atoms with van der Waals surface area (Å²) in [5.74, 6) is 1.19. The fourth-order valence-electron chi connectivity index (χ4n) is 3.52. The predicted molar refractivity (Wildman–Crippen MR) is 116 cm³/mol. The van der Waals surface area contributed by atoms with Crippen LogP contribution < -0.4 is 10.6 Å². The number of carbonyl (C=O) groups excluding carboxylic acids is 1. The summed E-state index contributed by atoms with van der Waals surface area (Å²) in [5.41, 5.74) is 0. The molecule has 2 rings (SSSR count). The predicted octanol–water partition coefficient (Wildman–Crippen LogP) is 1.39. The van der Waals surface area contributed by atoms with Crippen molar-refractivity contribution in [1.29, 1.82) is 0 Å². The lowest BCUT2D eigenvalue weighted by molar-refractivity contribution is -0.135. The van der Waals surface area contributed by atoms with E-state index in [0.29, 0.717) is 25.0 Å². The summed E-state index contributed by atoms with van der Waals surface area (Å²) in [4.78, 5) is 18.9. The first-order valence-electron chi connectivity index (χ1n) is 9.40. The van der Waals surface area contributed by atoms with Gasteiger partial charge in [-0.2, -0.15) is 0 Å². The Morgan fingerprint density at radius 2 is 1.88 bits per heavy atom. The summed E-state index contributed by atoms with van der Waals surface area (Å²) in [6, 6.07) is 0.170. The third-order valence-corrected chi connectivity index (χ3v) is 5.80. The fraction of sp³-hybridized carbons (Fsp3) is 0.882. The summed E-state index contributed by atoms with van der Waals surface area (Å²) in [5, 5.41) is 6.48. The minimum atomic E-state index is -3.01. The normalized spacial score (nSPS) is 22.0. The van der Waals surface area contributed by atoms with E-state index in [1.807, 2.05) is 11.8 Å². The van der Waals surface area contributed by atoms with E-state index in [9.17, 15) is 13.2 Å². The van der Waals surface area contributed by atoms with Crippen LogP contribution in [-0.2, 0) is 14.6 Å². The number of aliphatic imine (C=N–C) groups is 1. The largest absolute Gasteiger partial charge is 0.357 e. The van der Waals surface area contributed by atoms with E-state index >= 15 is 0 Å². The molecule has 1 aliphatic carbocycles. The molecule has 1 atom stereocenters. The second-order valence-electron chi connectivity index (χ2n) is 7.14. The Bertz CT molecular complexity index is 577. The molecule has 0 aromatic rings. The summed E-state index contributed by atoms with van der Waals surface area (Å²) in [7, 11) is -3.01. The number of nitrogens with one attached hydrogen (secondary N) is 2. The molecule has 9 heteroatoms. The fourth-order valence-corrected chi connectivity index (χ4v) is 3.95. The van der Waals surface area contributed by atoms with Gasteiger partial charge in [0, 0.05) is 37.8 Å². The second kappa shape index (κ2) is 11.3. The van der Waals surface area contributed by atoms with Crippen molar-refractivity contribution in [1.82, 2.24) is 15.5 Å². The Hall–Kier alpha value is -0.580. The highest BCUT2D eigenvalue weighted by Gasteiger charge is 2.31. The second-order valence-corrected chi connectivity index (χ2v) is 9.40. The van der Waals surface area contributed by atoms with Crippen molar-refractivity contribution in [3.63, 3.8) is 0 Å². The van der Waals surface area contributed by atoms with Gasteiger partial charge in [0.2, 0.25) is 5.91 Å². The van der Waals surface area contributed by atoms with Gasteiger partial charge in [0.15, 0.2) is 5.96 Å². The Balaban J connectivity index is 0.00000338. The van der Waals surface area contributed by atoms with Gasteiger partial charge in [0.25, 0.3) is 0 Å². The summed E-state index contributed by atoms with van der Waals surface area (Å²) in [6.07, 6.45) is 7.77. The monoisotopic (exact) mass is 500 g/mol. The SMILES string of the molecule is CCNC(=NCCS(C)(=O)=O)NC1CCN(C(=O)C2CCCCC2)C1.I. The number of amides is 1. The Morgan fingerprint density at radius 3 is 2.50 bits per heavy atom. The first kappa shape index (κ1) is 23.5. The van der Waals surface area contributed by atoms with E-state index in [-0.39, 0.29) is 48.2 Å². The molecule has 1 heterocycles. The van der Waals surface area contributed by atoms with Crippen molar-refractivity contribution >= 4 is 45.7 Å². The molecule has 1 amide bonds. The Kier molecular flexibility index (Phi) is 10.2. The van der Waals surface area contributed by atoms with E-state index in [4.69, 9.17) is 0 Å². The van der Waals surface area contributed by atoms with Crippen LogP contribution in [-0.4, -0.2) is 69.4 Å². The van der Waals surface area contributed by atoms with Gasteiger partial charge >= 0.3 is 0 Å². The third kappa shape index (κ3) is 7.98. The number of hydrogen-bond donors (Lipinski definition) is 2. The molecular weight excluding hydrogens is 467 g/mol. The van der Waals surface area contributed by atoms with Crippen molar-refractivity contribution in [2.75, 3.05) is 38.2 Å². The molecule has 0 spiro atoms. The minimum absolute atomic E-state index is 0. The average Bonchev–Trinajstić information content (AvgIpc) is 3.02. The molecule has 0 radical (unpaired) electrons. The van der Waals surface area contributed by atoms with Gasteiger partial charge in [-0.1, -0.05) is 19.3 Å². The molecule has 152 valence electrons. The molecule has 0 aromatic heterocycles. The third-order valence-electron chi connectivity index (χ3n) is 4.87. The molecule has 2 aliphatic rings. The molecule has 2 N–H and O–H groups in total. The molecule has 26 heavy (non-hydrogen) atoms. The maximum Gasteiger partial charge on any atom is 0.225 e. The Labute approximate surface area is 174 Å². The summed E-state index contributed by atoms with van der Waals surface area (Å²) < 4.78 is 22.5. The number of rotatable bonds is 6. The van der Waals surface area contributed by atoms with Crippen LogP contribution in [0.1, 0.15) is 45.4 Å². The molecule has 2 fully saturated rings. The highest BCUT2D eigenvalue weighted by molar-refractivity contribution is 14.0. The van der Waals surface area contributed by atoms with Gasteiger partial charge < -0.3 is 15.5 Å². The van der Waals surface area contributed by atoms with Crippen LogP contribution in [0.5, 0.6) is 0 Å². The van der Waals surface area contributed by atoms with Crippen LogP contribution in [0.25, 0.3) is 0 Å². The number of likely N-dealkylation sites (tertiary alicyclic amines) is 1. The smallest absolute Gasteiger partial charge is 0.225 e. The van der Waals surface area contributed by atoms with Crippen LogP contribution in [0.4, 0.5) is 0 Å². The van der Waals surface area contributed by atoms with Gasteiger partial charge in [0.1, 0.15) is 9.84 Å². The standard InChI is InChI=1S/C17H32N4O3S.HI/c1-3-18-17(19-10-12-25(2,23)24)20-15-9-11-21(13-15)16(22)14-7-5-4-6-8-14;/h14-15H,3-13H2,1-2H3,(H2,18,19,20);1H. The zero-order valence-corrected chi connectivity index (χ0v) is 19.0. The highest BCUT2D eigenvalue weighted by Crippen LogP contribution is 2.26. The molecule has 1 aliphatic heterocycles. The number of carbonyl (C=O) groups is 1. The summed E-state index contributed by atoms with van der Waals surface area (Å²) in [6.45, 7) is 4.41. The van der Waals surface area contributed by atoms with Gasteiger partial charge in [-0.3, -0.25) is 9.79 Å². The lowest BCUT2D eigenvalue weighted by atomic mass is 9.88. The van der Waals surface area contributed by atoms with Crippen molar-refractivity contribution in [2.24, 2.45) is 10.9 Å². The highest BCUT2D eigenvalue weighted by atomic mass is 127. The Morgan fingerprint density at radius 1 is 1.19 bits per heavy atom. The van der Waals surface area contributed by atoms with E-state index < -0.39 is 9.84 Å². The molecule has 0 bridgehead atoms. The lowest BCUT2D eigenvalue weighted by Gasteiger charge is -2.26. The number of guanidine groups is 1. The molecule has 1 saturated carbocycles. The number of halogens is 1. The molecule has 1 saturated heterocycles. The average molecular weight is 500 g/mol. The van der Waals surface area contributed by atoms with Crippen molar-refractivity contribution in [2.45, 2.75) is 51.5 Å². The van der Waals surface area contributed by atoms with Crippen molar-refractivity contribution in [3.8, 4) is 0 Å². The zero-order chi connectivity index (χ0) is 18.3. The lowest BCUT2D eigenvalue weighted by Crippen LogP contribution is -2.45. The maximum absolute atomic E-state index is 12.6. The summed E-state index contributed by atoms with van der Waals surface area (Å²) >= 11 is 0. The zero-order valence-electron chi connectivity index (χ0n) is 15.9. The van der Waals surface area contributed by atoms with Crippen LogP contribution in [0.3, 0.4) is 0 Å². The van der Waals surface area contributed by atoms with Gasteiger partial charge in [0.05, 0.1) is 12.3 Å². The van der Waals surface area contributed by atoms with Gasteiger partial charge in [-0.05, 0) is 26.2 Å². The van der Waals surface area contributed by atoms with Crippen molar-refractivity contribution < 1.29 is 13.2 Å². The molecule has 1 unspecified atom stereocenters. The first-order chi connectivity index (χ1) is 11.9. The molecular formula is C17H33IN4O3S. The van der Waals surface area contributed by atoms with Crippen LogP contribution >= 0.6 is 24.0 Å². The number of sulfone groups is 1. The topological polar surface area (TPSA) is 90.9 Å². The van der Waals surface area contributed by atoms with Crippen molar-refractivity contribution in [3.05, 3.63) is 0 Å². The van der Waals surface area contributed by atoms with Gasteiger partial charge in [-0.15, -0.1) is 24.0 Å². The number of hydrogen-bond acceptors (Lipinski definition) is 4. The van der Waals surface area contributed by atoms with Gasteiger partial charge in [-0.25, -0.2) is 8.42 Å². The number of nitrogens with zero attached hydrogens (tertiary/aromatic N) is 2. The van der Waals surface area contributed by atoms with E-state index in [2.05, 4.69) is 15.6 Å². The minimum Gasteiger partial charge on any atom is -0.357 e. The van der Waals surface area contributed by atoms with E-state index in [0.717, 1.165) is 25.8 Å². The van der Waals surface area contributed by atoms with E-state index in [1.54, 1.807) is 0 Å². The van der Waals surface area contributed by atoms with Crippen LogP contribution in [0.15, 0.2) is 4.99 Å². The first-order valence-corrected chi connectivity index (χ1v) is 11.5. The quantitative estimate of drug-likeness (QED) is 0.327. The maximum atomic E-state index is 12.6. The van der Waals surface area contributed by atoms with E-state index in [1.165, 1.54) is 25.5 Å².